The molecule has 32 heavy (non-hydrogen) atoms. The first-order valence-corrected chi connectivity index (χ1v) is 11.6. The Morgan fingerprint density at radius 1 is 1.03 bits per heavy atom. The summed E-state index contributed by atoms with van der Waals surface area (Å²) < 4.78 is 72.0. The van der Waals surface area contributed by atoms with Gasteiger partial charge in [-0.3, -0.25) is 4.90 Å². The normalized spacial score (nSPS) is 16.4. The SMILES string of the molecule is O=S(=O)(c1ccc(Cl)c(C(F)(F)F)c1)N1CCN(Cc2ncc(-c3ccccc3)o2)CC1. The highest BCUT2D eigenvalue weighted by molar-refractivity contribution is 7.89. The molecule has 11 heteroatoms. The molecule has 0 unspecified atom stereocenters. The van der Waals surface area contributed by atoms with Gasteiger partial charge in [-0.2, -0.15) is 17.5 Å². The molecule has 1 aromatic heterocycles. The fourth-order valence-electron chi connectivity index (χ4n) is 3.47. The molecule has 0 radical (unpaired) electrons. The Morgan fingerprint density at radius 2 is 1.72 bits per heavy atom. The van der Waals surface area contributed by atoms with Gasteiger partial charge in [-0.15, -0.1) is 0 Å². The van der Waals surface area contributed by atoms with Crippen LogP contribution in [0.15, 0.2) is 64.0 Å². The lowest BCUT2D eigenvalue weighted by Crippen LogP contribution is -2.48. The van der Waals surface area contributed by atoms with Crippen LogP contribution in [0.25, 0.3) is 11.3 Å². The van der Waals surface area contributed by atoms with Gasteiger partial charge >= 0.3 is 6.18 Å². The van der Waals surface area contributed by atoms with Crippen LogP contribution >= 0.6 is 11.6 Å². The molecule has 2 aromatic carbocycles. The molecule has 0 spiro atoms. The molecule has 3 aromatic rings. The molecular weight excluding hydrogens is 467 g/mol. The molecule has 0 amide bonds. The summed E-state index contributed by atoms with van der Waals surface area (Å²) in [6.07, 6.45) is -3.10. The fraction of sp³-hybridized carbons (Fsp3) is 0.286. The van der Waals surface area contributed by atoms with Crippen molar-refractivity contribution in [1.29, 1.82) is 0 Å². The highest BCUT2D eigenvalue weighted by Crippen LogP contribution is 2.36. The molecule has 0 aliphatic carbocycles. The van der Waals surface area contributed by atoms with Crippen molar-refractivity contribution in [3.05, 3.63) is 71.2 Å². The van der Waals surface area contributed by atoms with E-state index < -0.39 is 31.7 Å². The summed E-state index contributed by atoms with van der Waals surface area (Å²) in [6, 6.07) is 12.2. The van der Waals surface area contributed by atoms with Crippen LogP contribution in [0, 0.1) is 0 Å². The van der Waals surface area contributed by atoms with Gasteiger partial charge in [0.05, 0.1) is 28.2 Å². The summed E-state index contributed by atoms with van der Waals surface area (Å²) in [6.45, 7) is 1.46. The number of benzene rings is 2. The summed E-state index contributed by atoms with van der Waals surface area (Å²) in [4.78, 5) is 5.84. The van der Waals surface area contributed by atoms with Crippen molar-refractivity contribution in [1.82, 2.24) is 14.2 Å². The third kappa shape index (κ3) is 4.83. The number of oxazole rings is 1. The summed E-state index contributed by atoms with van der Waals surface area (Å²) in [5.41, 5.74) is -0.264. The number of piperazine rings is 1. The van der Waals surface area contributed by atoms with Crippen molar-refractivity contribution in [3.63, 3.8) is 0 Å². The first kappa shape index (κ1) is 22.8. The first-order valence-electron chi connectivity index (χ1n) is 9.74. The van der Waals surface area contributed by atoms with E-state index in [1.807, 2.05) is 35.2 Å². The second kappa shape index (κ2) is 8.86. The molecule has 0 atom stereocenters. The Kier molecular flexibility index (Phi) is 6.30. The lowest BCUT2D eigenvalue weighted by atomic mass is 10.2. The maximum Gasteiger partial charge on any atom is 0.417 e. The average molecular weight is 486 g/mol. The molecule has 6 nitrogen and oxygen atoms in total. The van der Waals surface area contributed by atoms with E-state index in [0.29, 0.717) is 37.4 Å². The number of halogens is 4. The number of hydrogen-bond donors (Lipinski definition) is 0. The Balaban J connectivity index is 1.41. The van der Waals surface area contributed by atoms with Gasteiger partial charge in [-0.05, 0) is 18.2 Å². The summed E-state index contributed by atoms with van der Waals surface area (Å²) >= 11 is 5.60. The molecule has 1 aliphatic rings. The lowest BCUT2D eigenvalue weighted by Gasteiger charge is -2.33. The topological polar surface area (TPSA) is 66.7 Å². The molecular formula is C21H19ClF3N3O3S. The van der Waals surface area contributed by atoms with E-state index in [4.69, 9.17) is 16.0 Å². The van der Waals surface area contributed by atoms with Crippen molar-refractivity contribution < 1.29 is 26.0 Å². The second-order valence-electron chi connectivity index (χ2n) is 7.30. The van der Waals surface area contributed by atoms with Crippen molar-refractivity contribution in [2.24, 2.45) is 0 Å². The minimum absolute atomic E-state index is 0.137. The van der Waals surface area contributed by atoms with E-state index in [0.717, 1.165) is 17.7 Å². The van der Waals surface area contributed by atoms with Crippen molar-refractivity contribution in [2.75, 3.05) is 26.2 Å². The third-order valence-electron chi connectivity index (χ3n) is 5.18. The standard InChI is InChI=1S/C21H19ClF3N3O3S/c22-18-7-6-16(12-17(18)21(23,24)25)32(29,30)28-10-8-27(9-11-28)14-20-26-13-19(31-20)15-4-2-1-3-5-15/h1-7,12-13H,8-11,14H2. The Labute approximate surface area is 188 Å². The molecule has 1 aliphatic heterocycles. The van der Waals surface area contributed by atoms with Crippen LogP contribution in [0.5, 0.6) is 0 Å². The molecule has 1 saturated heterocycles. The van der Waals surface area contributed by atoms with Crippen LogP contribution in [-0.4, -0.2) is 48.8 Å². The highest BCUT2D eigenvalue weighted by Gasteiger charge is 2.36. The van der Waals surface area contributed by atoms with Crippen LogP contribution in [0.2, 0.25) is 5.02 Å². The van der Waals surface area contributed by atoms with Crippen molar-refractivity contribution in [2.45, 2.75) is 17.6 Å². The molecule has 170 valence electrons. The van der Waals surface area contributed by atoms with Gasteiger partial charge < -0.3 is 4.42 Å². The number of sulfonamides is 1. The number of aromatic nitrogens is 1. The quantitative estimate of drug-likeness (QED) is 0.531. The number of alkyl halides is 3. The minimum Gasteiger partial charge on any atom is -0.439 e. The van der Waals surface area contributed by atoms with E-state index >= 15 is 0 Å². The molecule has 1 fully saturated rings. The molecule has 2 heterocycles. The lowest BCUT2D eigenvalue weighted by molar-refractivity contribution is -0.137. The zero-order valence-electron chi connectivity index (χ0n) is 16.7. The molecule has 0 bridgehead atoms. The average Bonchev–Trinajstić information content (AvgIpc) is 3.22. The zero-order chi connectivity index (χ0) is 22.9. The summed E-state index contributed by atoms with van der Waals surface area (Å²) in [7, 11) is -4.08. The van der Waals surface area contributed by atoms with E-state index in [9.17, 15) is 21.6 Å². The predicted octanol–water partition coefficient (Wildman–Crippen LogP) is 4.52. The summed E-state index contributed by atoms with van der Waals surface area (Å²) in [5.74, 6) is 1.15. The van der Waals surface area contributed by atoms with Gasteiger partial charge in [0.1, 0.15) is 0 Å². The highest BCUT2D eigenvalue weighted by atomic mass is 35.5. The largest absolute Gasteiger partial charge is 0.439 e. The van der Waals surface area contributed by atoms with E-state index in [1.165, 1.54) is 4.31 Å². The Bertz CT molecular complexity index is 1190. The van der Waals surface area contributed by atoms with Gasteiger partial charge in [0, 0.05) is 31.7 Å². The van der Waals surface area contributed by atoms with E-state index in [2.05, 4.69) is 4.98 Å². The molecule has 4 rings (SSSR count). The Morgan fingerprint density at radius 3 is 2.38 bits per heavy atom. The minimum atomic E-state index is -4.74. The monoisotopic (exact) mass is 485 g/mol. The third-order valence-corrected chi connectivity index (χ3v) is 7.41. The van der Waals surface area contributed by atoms with Crippen LogP contribution < -0.4 is 0 Å². The van der Waals surface area contributed by atoms with Gasteiger partial charge in [-0.1, -0.05) is 41.9 Å². The predicted molar refractivity (Wildman–Crippen MR) is 112 cm³/mol. The maximum atomic E-state index is 13.1. The number of hydrogen-bond acceptors (Lipinski definition) is 5. The smallest absolute Gasteiger partial charge is 0.417 e. The Hall–Kier alpha value is -2.40. The molecule has 0 N–H and O–H groups in total. The zero-order valence-corrected chi connectivity index (χ0v) is 18.3. The summed E-state index contributed by atoms with van der Waals surface area (Å²) in [5, 5.41) is -0.540. The van der Waals surface area contributed by atoms with Gasteiger partial charge in [0.25, 0.3) is 0 Å². The van der Waals surface area contributed by atoms with Crippen LogP contribution in [0.3, 0.4) is 0 Å². The van der Waals surface area contributed by atoms with Crippen molar-refractivity contribution in [3.8, 4) is 11.3 Å². The van der Waals surface area contributed by atoms with Gasteiger partial charge in [0.15, 0.2) is 5.76 Å². The van der Waals surface area contributed by atoms with Crippen LogP contribution in [-0.2, 0) is 22.7 Å². The second-order valence-corrected chi connectivity index (χ2v) is 9.65. The number of rotatable bonds is 5. The van der Waals surface area contributed by atoms with Crippen molar-refractivity contribution >= 4 is 21.6 Å². The van der Waals surface area contributed by atoms with E-state index in [-0.39, 0.29) is 13.1 Å². The van der Waals surface area contributed by atoms with Crippen LogP contribution in [0.1, 0.15) is 11.5 Å². The maximum absolute atomic E-state index is 13.1. The van der Waals surface area contributed by atoms with Gasteiger partial charge in [-0.25, -0.2) is 13.4 Å². The number of nitrogens with zero attached hydrogens (tertiary/aromatic N) is 3. The molecule has 0 saturated carbocycles. The van der Waals surface area contributed by atoms with E-state index in [1.54, 1.807) is 6.20 Å². The van der Waals surface area contributed by atoms with Gasteiger partial charge in [0.2, 0.25) is 15.9 Å². The fourth-order valence-corrected chi connectivity index (χ4v) is 5.14. The first-order chi connectivity index (χ1) is 15.1. The van der Waals surface area contributed by atoms with Crippen LogP contribution in [0.4, 0.5) is 13.2 Å².